The number of carboxylic acids is 1. The van der Waals surface area contributed by atoms with E-state index in [4.69, 9.17) is 11.6 Å². The number of carbonyl (C=O) groups is 2. The molecule has 5 nitrogen and oxygen atoms in total. The maximum atomic E-state index is 12.6. The van der Waals surface area contributed by atoms with Gasteiger partial charge in [0.05, 0.1) is 10.2 Å². The molecule has 26 heavy (non-hydrogen) atoms. The quantitative estimate of drug-likeness (QED) is 0.718. The van der Waals surface area contributed by atoms with E-state index in [9.17, 15) is 14.7 Å². The van der Waals surface area contributed by atoms with Crippen LogP contribution < -0.4 is 4.80 Å². The SMILES string of the molecule is CCC(C(=O)O)n1c(=NC(=O)c2ccc(C)cc2)sc2cc(Cl)ccc21. The average Bonchev–Trinajstić information content (AvgIpc) is 2.93. The molecule has 0 aliphatic carbocycles. The van der Waals surface area contributed by atoms with Gasteiger partial charge in [-0.3, -0.25) is 4.79 Å². The predicted octanol–water partition coefficient (Wildman–Crippen LogP) is 4.44. The Labute approximate surface area is 159 Å². The second-order valence-electron chi connectivity index (χ2n) is 5.91. The van der Waals surface area contributed by atoms with Gasteiger partial charge in [0.15, 0.2) is 4.80 Å². The molecule has 1 amide bonds. The van der Waals surface area contributed by atoms with Crippen LogP contribution in [0.1, 0.15) is 35.3 Å². The largest absolute Gasteiger partial charge is 0.480 e. The summed E-state index contributed by atoms with van der Waals surface area (Å²) < 4.78 is 2.39. The van der Waals surface area contributed by atoms with Crippen LogP contribution in [0.3, 0.4) is 0 Å². The molecule has 3 rings (SSSR count). The summed E-state index contributed by atoms with van der Waals surface area (Å²) in [7, 11) is 0. The molecule has 1 heterocycles. The molecule has 0 aliphatic rings. The van der Waals surface area contributed by atoms with Crippen LogP contribution in [0.4, 0.5) is 0 Å². The first-order valence-corrected chi connectivity index (χ1v) is 9.29. The van der Waals surface area contributed by atoms with Crippen molar-refractivity contribution >= 4 is 45.0 Å². The Hall–Kier alpha value is -2.44. The molecule has 0 bridgehead atoms. The standard InChI is InChI=1S/C19H17ClN2O3S/c1-3-14(18(24)25)22-15-9-8-13(20)10-16(15)26-19(22)21-17(23)12-6-4-11(2)5-7-12/h4-10,14H,3H2,1-2H3,(H,24,25). The Morgan fingerprint density at radius 1 is 1.23 bits per heavy atom. The zero-order valence-electron chi connectivity index (χ0n) is 14.3. The van der Waals surface area contributed by atoms with Crippen LogP contribution >= 0.6 is 22.9 Å². The summed E-state index contributed by atoms with van der Waals surface area (Å²) in [5.74, 6) is -1.37. The minimum absolute atomic E-state index is 0.349. The Balaban J connectivity index is 2.22. The van der Waals surface area contributed by atoms with E-state index in [0.29, 0.717) is 27.3 Å². The van der Waals surface area contributed by atoms with E-state index in [0.717, 1.165) is 10.3 Å². The number of hydrogen-bond acceptors (Lipinski definition) is 3. The molecule has 0 fully saturated rings. The highest BCUT2D eigenvalue weighted by molar-refractivity contribution is 7.16. The van der Waals surface area contributed by atoms with Gasteiger partial charge in [-0.05, 0) is 43.7 Å². The van der Waals surface area contributed by atoms with Crippen molar-refractivity contribution < 1.29 is 14.7 Å². The lowest BCUT2D eigenvalue weighted by atomic mass is 10.1. The van der Waals surface area contributed by atoms with Gasteiger partial charge in [0.25, 0.3) is 5.91 Å². The molecule has 1 N–H and O–H groups in total. The lowest BCUT2D eigenvalue weighted by molar-refractivity contribution is -0.140. The minimum atomic E-state index is -0.966. The monoisotopic (exact) mass is 388 g/mol. The lowest BCUT2D eigenvalue weighted by Crippen LogP contribution is -2.27. The van der Waals surface area contributed by atoms with Gasteiger partial charge in [0.1, 0.15) is 6.04 Å². The van der Waals surface area contributed by atoms with Crippen LogP contribution in [0, 0.1) is 6.92 Å². The third-order valence-electron chi connectivity index (χ3n) is 4.07. The van der Waals surface area contributed by atoms with Crippen molar-refractivity contribution in [3.05, 3.63) is 63.4 Å². The van der Waals surface area contributed by atoms with Crippen molar-refractivity contribution in [3.63, 3.8) is 0 Å². The number of fused-ring (bicyclic) bond motifs is 1. The molecule has 0 radical (unpaired) electrons. The number of rotatable bonds is 4. The van der Waals surface area contributed by atoms with E-state index >= 15 is 0 Å². The maximum absolute atomic E-state index is 12.6. The van der Waals surface area contributed by atoms with Crippen molar-refractivity contribution in [2.24, 2.45) is 4.99 Å². The smallest absolute Gasteiger partial charge is 0.326 e. The number of carbonyl (C=O) groups excluding carboxylic acids is 1. The number of halogens is 1. The number of aryl methyl sites for hydroxylation is 1. The molecule has 2 aromatic carbocycles. The van der Waals surface area contributed by atoms with Crippen molar-refractivity contribution in [3.8, 4) is 0 Å². The van der Waals surface area contributed by atoms with Gasteiger partial charge in [0, 0.05) is 10.6 Å². The molecular formula is C19H17ClN2O3S. The zero-order valence-corrected chi connectivity index (χ0v) is 15.8. The number of carboxylic acid groups (broad SMARTS) is 1. The van der Waals surface area contributed by atoms with E-state index in [1.165, 1.54) is 11.3 Å². The molecule has 1 unspecified atom stereocenters. The Morgan fingerprint density at radius 2 is 1.92 bits per heavy atom. The minimum Gasteiger partial charge on any atom is -0.480 e. The maximum Gasteiger partial charge on any atom is 0.326 e. The molecule has 7 heteroatoms. The normalized spacial score (nSPS) is 13.1. The van der Waals surface area contributed by atoms with E-state index in [1.807, 2.05) is 19.1 Å². The number of nitrogens with zero attached hydrogens (tertiary/aromatic N) is 2. The highest BCUT2D eigenvalue weighted by atomic mass is 35.5. The van der Waals surface area contributed by atoms with Gasteiger partial charge in [-0.15, -0.1) is 0 Å². The van der Waals surface area contributed by atoms with Crippen molar-refractivity contribution in [2.45, 2.75) is 26.3 Å². The fourth-order valence-corrected chi connectivity index (χ4v) is 4.06. The first kappa shape index (κ1) is 18.4. The number of thiazole rings is 1. The highest BCUT2D eigenvalue weighted by Gasteiger charge is 2.22. The van der Waals surface area contributed by atoms with Crippen LogP contribution in [0.15, 0.2) is 47.5 Å². The van der Waals surface area contributed by atoms with Gasteiger partial charge in [-0.2, -0.15) is 4.99 Å². The Kier molecular flexibility index (Phi) is 5.25. The summed E-state index contributed by atoms with van der Waals surface area (Å²) in [6, 6.07) is 11.5. The molecule has 0 saturated heterocycles. The molecule has 0 saturated carbocycles. The first-order valence-electron chi connectivity index (χ1n) is 8.10. The number of aliphatic carboxylic acids is 1. The molecule has 0 spiro atoms. The highest BCUT2D eigenvalue weighted by Crippen LogP contribution is 2.25. The second-order valence-corrected chi connectivity index (χ2v) is 7.36. The average molecular weight is 389 g/mol. The summed E-state index contributed by atoms with van der Waals surface area (Å²) in [5.41, 5.74) is 2.20. The summed E-state index contributed by atoms with van der Waals surface area (Å²) in [6.45, 7) is 3.73. The summed E-state index contributed by atoms with van der Waals surface area (Å²) >= 11 is 7.31. The molecular weight excluding hydrogens is 372 g/mol. The first-order chi connectivity index (χ1) is 12.4. The van der Waals surface area contributed by atoms with Gasteiger partial charge in [-0.25, -0.2) is 4.79 Å². The number of amides is 1. The van der Waals surface area contributed by atoms with Gasteiger partial charge < -0.3 is 9.67 Å². The molecule has 3 aromatic rings. The molecule has 0 aliphatic heterocycles. The van der Waals surface area contributed by atoms with E-state index in [2.05, 4.69) is 4.99 Å². The van der Waals surface area contributed by atoms with Crippen molar-refractivity contribution in [1.82, 2.24) is 4.57 Å². The third-order valence-corrected chi connectivity index (χ3v) is 5.32. The number of aromatic nitrogens is 1. The third kappa shape index (κ3) is 3.57. The van der Waals surface area contributed by atoms with E-state index in [-0.39, 0.29) is 0 Å². The van der Waals surface area contributed by atoms with Crippen LogP contribution in [0.2, 0.25) is 5.02 Å². The van der Waals surface area contributed by atoms with Crippen LogP contribution in [0.25, 0.3) is 10.2 Å². The van der Waals surface area contributed by atoms with E-state index in [1.54, 1.807) is 41.8 Å². The van der Waals surface area contributed by atoms with Crippen LogP contribution in [-0.2, 0) is 4.79 Å². The summed E-state index contributed by atoms with van der Waals surface area (Å²) in [4.78, 5) is 28.8. The fraction of sp³-hybridized carbons (Fsp3) is 0.211. The van der Waals surface area contributed by atoms with Crippen LogP contribution in [-0.4, -0.2) is 21.6 Å². The van der Waals surface area contributed by atoms with E-state index < -0.39 is 17.9 Å². The topological polar surface area (TPSA) is 71.7 Å². The molecule has 134 valence electrons. The van der Waals surface area contributed by atoms with Gasteiger partial charge in [0.2, 0.25) is 0 Å². The predicted molar refractivity (Wildman–Crippen MR) is 103 cm³/mol. The number of benzene rings is 2. The molecule has 1 atom stereocenters. The van der Waals surface area contributed by atoms with Crippen LogP contribution in [0.5, 0.6) is 0 Å². The Morgan fingerprint density at radius 3 is 2.54 bits per heavy atom. The van der Waals surface area contributed by atoms with Gasteiger partial charge >= 0.3 is 5.97 Å². The summed E-state index contributed by atoms with van der Waals surface area (Å²) in [5, 5.41) is 10.1. The summed E-state index contributed by atoms with van der Waals surface area (Å²) in [6.07, 6.45) is 0.371. The second kappa shape index (κ2) is 7.43. The lowest BCUT2D eigenvalue weighted by Gasteiger charge is -2.13. The van der Waals surface area contributed by atoms with Crippen molar-refractivity contribution in [1.29, 1.82) is 0 Å². The Bertz CT molecular complexity index is 1050. The fourth-order valence-electron chi connectivity index (χ4n) is 2.71. The van der Waals surface area contributed by atoms with Crippen molar-refractivity contribution in [2.75, 3.05) is 0 Å². The zero-order chi connectivity index (χ0) is 18.8. The molecule has 1 aromatic heterocycles. The van der Waals surface area contributed by atoms with Gasteiger partial charge in [-0.1, -0.05) is 47.6 Å². The number of hydrogen-bond donors (Lipinski definition) is 1.